The highest BCUT2D eigenvalue weighted by molar-refractivity contribution is 5.73. The standard InChI is InChI=1S/C12H17N3O2/c16-12(17)11-4-2-1-3-7-15(11)8-10-5-6-13-9-14-10/h5-6,9,11H,1-4,7-8H2,(H,16,17). The summed E-state index contributed by atoms with van der Waals surface area (Å²) in [7, 11) is 0. The first-order valence-corrected chi connectivity index (χ1v) is 5.99. The Balaban J connectivity index is 2.07. The van der Waals surface area contributed by atoms with Crippen molar-refractivity contribution in [3.8, 4) is 0 Å². The average molecular weight is 235 g/mol. The van der Waals surface area contributed by atoms with E-state index in [0.717, 1.165) is 37.9 Å². The van der Waals surface area contributed by atoms with Gasteiger partial charge < -0.3 is 5.11 Å². The molecular weight excluding hydrogens is 218 g/mol. The topological polar surface area (TPSA) is 66.3 Å². The Morgan fingerprint density at radius 1 is 1.47 bits per heavy atom. The molecule has 0 amide bonds. The minimum Gasteiger partial charge on any atom is -0.480 e. The molecule has 1 fully saturated rings. The van der Waals surface area contributed by atoms with Gasteiger partial charge in [-0.05, 0) is 25.5 Å². The first-order valence-electron chi connectivity index (χ1n) is 5.99. The van der Waals surface area contributed by atoms with Crippen LogP contribution in [-0.2, 0) is 11.3 Å². The molecule has 1 unspecified atom stereocenters. The molecule has 1 aliphatic rings. The molecule has 2 heterocycles. The molecule has 17 heavy (non-hydrogen) atoms. The van der Waals surface area contributed by atoms with Gasteiger partial charge in [0.2, 0.25) is 0 Å². The lowest BCUT2D eigenvalue weighted by atomic mass is 10.1. The molecular formula is C12H17N3O2. The first kappa shape index (κ1) is 12.0. The number of carbonyl (C=O) groups is 1. The van der Waals surface area contributed by atoms with Gasteiger partial charge in [-0.2, -0.15) is 0 Å². The highest BCUT2D eigenvalue weighted by Gasteiger charge is 2.27. The monoisotopic (exact) mass is 235 g/mol. The predicted octanol–water partition coefficient (Wildman–Crippen LogP) is 1.31. The summed E-state index contributed by atoms with van der Waals surface area (Å²) in [5, 5.41) is 9.24. The summed E-state index contributed by atoms with van der Waals surface area (Å²) >= 11 is 0. The molecule has 5 heteroatoms. The SMILES string of the molecule is O=C(O)C1CCCCCN1Cc1ccncn1. The summed E-state index contributed by atoms with van der Waals surface area (Å²) in [4.78, 5) is 21.3. The van der Waals surface area contributed by atoms with Crippen molar-refractivity contribution in [2.75, 3.05) is 6.54 Å². The number of nitrogens with zero attached hydrogens (tertiary/aromatic N) is 3. The third-order valence-corrected chi connectivity index (χ3v) is 3.16. The summed E-state index contributed by atoms with van der Waals surface area (Å²) in [5.74, 6) is -0.721. The Hall–Kier alpha value is -1.49. The van der Waals surface area contributed by atoms with Crippen LogP contribution in [0, 0.1) is 0 Å². The summed E-state index contributed by atoms with van der Waals surface area (Å²) in [6.07, 6.45) is 7.11. The molecule has 0 aliphatic carbocycles. The van der Waals surface area contributed by atoms with Gasteiger partial charge in [-0.3, -0.25) is 9.69 Å². The molecule has 0 bridgehead atoms. The second-order valence-corrected chi connectivity index (χ2v) is 4.37. The Bertz CT molecular complexity index is 369. The van der Waals surface area contributed by atoms with Gasteiger partial charge >= 0.3 is 5.97 Å². The fourth-order valence-corrected chi connectivity index (χ4v) is 2.26. The van der Waals surface area contributed by atoms with E-state index in [9.17, 15) is 9.90 Å². The Morgan fingerprint density at radius 3 is 3.06 bits per heavy atom. The zero-order chi connectivity index (χ0) is 12.1. The van der Waals surface area contributed by atoms with Gasteiger partial charge in [-0.15, -0.1) is 0 Å². The zero-order valence-electron chi connectivity index (χ0n) is 9.75. The van der Waals surface area contributed by atoms with Crippen molar-refractivity contribution >= 4 is 5.97 Å². The molecule has 1 saturated heterocycles. The van der Waals surface area contributed by atoms with Gasteiger partial charge in [0, 0.05) is 12.7 Å². The molecule has 2 rings (SSSR count). The van der Waals surface area contributed by atoms with Crippen LogP contribution in [0.15, 0.2) is 18.6 Å². The molecule has 0 radical (unpaired) electrons. The highest BCUT2D eigenvalue weighted by atomic mass is 16.4. The minimum absolute atomic E-state index is 0.368. The number of carboxylic acids is 1. The quantitative estimate of drug-likeness (QED) is 0.855. The van der Waals surface area contributed by atoms with E-state index in [4.69, 9.17) is 0 Å². The van der Waals surface area contributed by atoms with Gasteiger partial charge in [0.1, 0.15) is 12.4 Å². The summed E-state index contributed by atoms with van der Waals surface area (Å²) in [5.41, 5.74) is 0.883. The fraction of sp³-hybridized carbons (Fsp3) is 0.583. The third-order valence-electron chi connectivity index (χ3n) is 3.16. The molecule has 0 saturated carbocycles. The Morgan fingerprint density at radius 2 is 2.35 bits per heavy atom. The van der Waals surface area contributed by atoms with Crippen LogP contribution in [0.2, 0.25) is 0 Å². The summed E-state index contributed by atoms with van der Waals surface area (Å²) in [6.45, 7) is 1.43. The van der Waals surface area contributed by atoms with Crippen molar-refractivity contribution in [3.05, 3.63) is 24.3 Å². The van der Waals surface area contributed by atoms with Crippen molar-refractivity contribution in [2.24, 2.45) is 0 Å². The number of likely N-dealkylation sites (tertiary alicyclic amines) is 1. The van der Waals surface area contributed by atoms with Crippen LogP contribution in [0.25, 0.3) is 0 Å². The van der Waals surface area contributed by atoms with Crippen molar-refractivity contribution in [1.29, 1.82) is 0 Å². The molecule has 1 atom stereocenters. The lowest BCUT2D eigenvalue weighted by molar-refractivity contribution is -0.143. The van der Waals surface area contributed by atoms with E-state index in [2.05, 4.69) is 9.97 Å². The summed E-state index contributed by atoms with van der Waals surface area (Å²) < 4.78 is 0. The van der Waals surface area contributed by atoms with E-state index in [1.165, 1.54) is 6.33 Å². The van der Waals surface area contributed by atoms with E-state index in [1.54, 1.807) is 6.20 Å². The van der Waals surface area contributed by atoms with E-state index < -0.39 is 5.97 Å². The summed E-state index contributed by atoms with van der Waals surface area (Å²) in [6, 6.07) is 1.47. The van der Waals surface area contributed by atoms with Crippen LogP contribution in [0.3, 0.4) is 0 Å². The Labute approximate surface area is 100 Å². The van der Waals surface area contributed by atoms with Crippen LogP contribution >= 0.6 is 0 Å². The van der Waals surface area contributed by atoms with Crippen LogP contribution in [0.4, 0.5) is 0 Å². The normalized spacial score (nSPS) is 22.0. The van der Waals surface area contributed by atoms with Gasteiger partial charge in [0.05, 0.1) is 5.69 Å². The second kappa shape index (κ2) is 5.72. The third kappa shape index (κ3) is 3.23. The van der Waals surface area contributed by atoms with E-state index in [0.29, 0.717) is 6.54 Å². The molecule has 5 nitrogen and oxygen atoms in total. The largest absolute Gasteiger partial charge is 0.480 e. The van der Waals surface area contributed by atoms with Crippen molar-refractivity contribution in [2.45, 2.75) is 38.3 Å². The average Bonchev–Trinajstić information content (AvgIpc) is 2.56. The second-order valence-electron chi connectivity index (χ2n) is 4.37. The van der Waals surface area contributed by atoms with E-state index in [1.807, 2.05) is 11.0 Å². The van der Waals surface area contributed by atoms with Crippen LogP contribution < -0.4 is 0 Å². The van der Waals surface area contributed by atoms with Crippen molar-refractivity contribution in [1.82, 2.24) is 14.9 Å². The highest BCUT2D eigenvalue weighted by Crippen LogP contribution is 2.18. The number of hydrogen-bond donors (Lipinski definition) is 1. The smallest absolute Gasteiger partial charge is 0.320 e. The lowest BCUT2D eigenvalue weighted by Gasteiger charge is -2.26. The maximum absolute atomic E-state index is 11.2. The molecule has 0 spiro atoms. The molecule has 1 N–H and O–H groups in total. The maximum atomic E-state index is 11.2. The van der Waals surface area contributed by atoms with Crippen molar-refractivity contribution in [3.63, 3.8) is 0 Å². The number of aliphatic carboxylic acids is 1. The van der Waals surface area contributed by atoms with E-state index >= 15 is 0 Å². The number of rotatable bonds is 3. The number of aromatic nitrogens is 2. The lowest BCUT2D eigenvalue weighted by Crippen LogP contribution is -2.40. The van der Waals surface area contributed by atoms with Gasteiger partial charge in [-0.25, -0.2) is 9.97 Å². The van der Waals surface area contributed by atoms with E-state index in [-0.39, 0.29) is 6.04 Å². The van der Waals surface area contributed by atoms with Crippen LogP contribution in [-0.4, -0.2) is 38.5 Å². The van der Waals surface area contributed by atoms with Crippen molar-refractivity contribution < 1.29 is 9.90 Å². The van der Waals surface area contributed by atoms with Gasteiger partial charge in [0.25, 0.3) is 0 Å². The minimum atomic E-state index is -0.721. The van der Waals surface area contributed by atoms with Gasteiger partial charge in [-0.1, -0.05) is 12.8 Å². The zero-order valence-corrected chi connectivity index (χ0v) is 9.75. The molecule has 1 aromatic rings. The number of carboxylic acid groups (broad SMARTS) is 1. The number of hydrogen-bond acceptors (Lipinski definition) is 4. The fourth-order valence-electron chi connectivity index (χ4n) is 2.26. The van der Waals surface area contributed by atoms with Crippen LogP contribution in [0.1, 0.15) is 31.4 Å². The first-order chi connectivity index (χ1) is 8.27. The predicted molar refractivity (Wildman–Crippen MR) is 62.3 cm³/mol. The molecule has 1 aliphatic heterocycles. The van der Waals surface area contributed by atoms with Gasteiger partial charge in [0.15, 0.2) is 0 Å². The molecule has 1 aromatic heterocycles. The molecule has 0 aromatic carbocycles. The Kier molecular flexibility index (Phi) is 4.03. The maximum Gasteiger partial charge on any atom is 0.320 e. The van der Waals surface area contributed by atoms with Crippen LogP contribution in [0.5, 0.6) is 0 Å². The molecule has 92 valence electrons.